The van der Waals surface area contributed by atoms with Crippen LogP contribution in [0.1, 0.15) is 11.3 Å². The van der Waals surface area contributed by atoms with E-state index in [-0.39, 0.29) is 0 Å². The summed E-state index contributed by atoms with van der Waals surface area (Å²) in [5.74, 6) is -1.07. The molecule has 1 aromatic heterocycles. The second-order valence-electron chi connectivity index (χ2n) is 3.78. The molecule has 0 fully saturated rings. The van der Waals surface area contributed by atoms with Crippen LogP contribution in [-0.2, 0) is 4.57 Å². The van der Waals surface area contributed by atoms with Gasteiger partial charge in [0.15, 0.2) is 5.78 Å². The normalized spacial score (nSPS) is 13.0. The summed E-state index contributed by atoms with van der Waals surface area (Å²) in [5.41, 5.74) is 1.16. The minimum atomic E-state index is -4.30. The molecule has 0 spiro atoms. The maximum atomic E-state index is 11.5. The second kappa shape index (κ2) is 5.31. The topological polar surface area (TPSA) is 82.5 Å². The van der Waals surface area contributed by atoms with E-state index in [2.05, 4.69) is 10.3 Å². The van der Waals surface area contributed by atoms with E-state index in [1.54, 1.807) is 36.4 Å². The number of anilines is 1. The number of hydrogen-bond donors (Lipinski definition) is 3. The first-order valence-electron chi connectivity index (χ1n) is 5.34. The molecule has 3 N–H and O–H groups in total. The average molecular weight is 264 g/mol. The number of benzene rings is 1. The zero-order valence-corrected chi connectivity index (χ0v) is 10.4. The highest BCUT2D eigenvalue weighted by atomic mass is 31.2. The van der Waals surface area contributed by atoms with Gasteiger partial charge in [-0.25, -0.2) is 0 Å². The highest BCUT2D eigenvalue weighted by Gasteiger charge is 2.30. The molecule has 1 unspecified atom stereocenters. The van der Waals surface area contributed by atoms with Gasteiger partial charge in [-0.15, -0.1) is 0 Å². The number of pyridine rings is 1. The zero-order valence-electron chi connectivity index (χ0n) is 9.47. The van der Waals surface area contributed by atoms with Crippen LogP contribution in [0, 0.1) is 0 Å². The van der Waals surface area contributed by atoms with E-state index in [0.717, 1.165) is 0 Å². The molecule has 6 heteroatoms. The first-order valence-corrected chi connectivity index (χ1v) is 7.02. The van der Waals surface area contributed by atoms with Crippen LogP contribution in [0.15, 0.2) is 54.9 Å². The molecule has 0 bridgehead atoms. The lowest BCUT2D eigenvalue weighted by Gasteiger charge is -2.21. The molecule has 0 saturated carbocycles. The van der Waals surface area contributed by atoms with Gasteiger partial charge in [0.05, 0.1) is 0 Å². The number of nitrogens with zero attached hydrogens (tertiary/aromatic N) is 1. The van der Waals surface area contributed by atoms with Crippen molar-refractivity contribution in [2.24, 2.45) is 0 Å². The van der Waals surface area contributed by atoms with Crippen molar-refractivity contribution in [2.75, 3.05) is 5.32 Å². The molecule has 0 aliphatic carbocycles. The molecule has 18 heavy (non-hydrogen) atoms. The van der Waals surface area contributed by atoms with Gasteiger partial charge in [0.1, 0.15) is 0 Å². The van der Waals surface area contributed by atoms with Crippen LogP contribution in [0.2, 0.25) is 0 Å². The second-order valence-corrected chi connectivity index (χ2v) is 5.48. The molecular formula is C12H13N2O3P. The van der Waals surface area contributed by atoms with Gasteiger partial charge in [0, 0.05) is 18.1 Å². The quantitative estimate of drug-likeness (QED) is 0.738. The molecule has 0 saturated heterocycles. The Morgan fingerprint density at radius 1 is 1.06 bits per heavy atom. The fourth-order valence-corrected chi connectivity index (χ4v) is 2.48. The zero-order chi connectivity index (χ0) is 13.0. The van der Waals surface area contributed by atoms with Crippen molar-refractivity contribution in [1.29, 1.82) is 0 Å². The summed E-state index contributed by atoms with van der Waals surface area (Å²) in [7, 11) is -4.30. The third-order valence-electron chi connectivity index (χ3n) is 2.44. The van der Waals surface area contributed by atoms with E-state index in [1.165, 1.54) is 12.4 Å². The Balaban J connectivity index is 2.31. The lowest BCUT2D eigenvalue weighted by molar-refractivity contribution is 0.363. The summed E-state index contributed by atoms with van der Waals surface area (Å²) in [6, 6.07) is 12.1. The van der Waals surface area contributed by atoms with E-state index in [4.69, 9.17) is 0 Å². The highest BCUT2D eigenvalue weighted by molar-refractivity contribution is 7.52. The van der Waals surface area contributed by atoms with E-state index in [9.17, 15) is 14.4 Å². The van der Waals surface area contributed by atoms with E-state index < -0.39 is 13.4 Å². The summed E-state index contributed by atoms with van der Waals surface area (Å²) >= 11 is 0. The van der Waals surface area contributed by atoms with E-state index in [1.807, 2.05) is 6.07 Å². The van der Waals surface area contributed by atoms with Gasteiger partial charge in [-0.3, -0.25) is 9.55 Å². The molecule has 2 aromatic rings. The predicted molar refractivity (Wildman–Crippen MR) is 69.1 cm³/mol. The van der Waals surface area contributed by atoms with Gasteiger partial charge in [-0.2, -0.15) is 0 Å². The largest absolute Gasteiger partial charge is 0.368 e. The molecule has 1 aromatic carbocycles. The Labute approximate surface area is 105 Å². The standard InChI is InChI=1S/C12H13N2O3P/c15-18(16,17)12(10-6-8-13-9-7-10)14-11-4-2-1-3-5-11/h1-9,12,14H,(H2,15,16,17). The average Bonchev–Trinajstić information content (AvgIpc) is 2.37. The van der Waals surface area contributed by atoms with Gasteiger partial charge >= 0.3 is 7.60 Å². The van der Waals surface area contributed by atoms with Crippen molar-refractivity contribution in [3.05, 3.63) is 60.4 Å². The summed E-state index contributed by atoms with van der Waals surface area (Å²) in [6.45, 7) is 0. The number of nitrogens with one attached hydrogen (secondary N) is 1. The van der Waals surface area contributed by atoms with Gasteiger partial charge in [0.25, 0.3) is 0 Å². The molecule has 1 heterocycles. The third kappa shape index (κ3) is 3.17. The Morgan fingerprint density at radius 2 is 1.67 bits per heavy atom. The Bertz CT molecular complexity index is 542. The summed E-state index contributed by atoms with van der Waals surface area (Å²) in [4.78, 5) is 22.7. The van der Waals surface area contributed by atoms with Crippen molar-refractivity contribution in [3.63, 3.8) is 0 Å². The van der Waals surface area contributed by atoms with Crippen molar-refractivity contribution >= 4 is 13.3 Å². The minimum Gasteiger partial charge on any atom is -0.368 e. The van der Waals surface area contributed by atoms with Crippen LogP contribution in [0.5, 0.6) is 0 Å². The van der Waals surface area contributed by atoms with Crippen LogP contribution < -0.4 is 5.32 Å². The van der Waals surface area contributed by atoms with Crippen LogP contribution in [0.4, 0.5) is 5.69 Å². The van der Waals surface area contributed by atoms with Crippen LogP contribution >= 0.6 is 7.60 Å². The molecule has 0 amide bonds. The van der Waals surface area contributed by atoms with Crippen molar-refractivity contribution in [2.45, 2.75) is 5.78 Å². The smallest absolute Gasteiger partial charge is 0.352 e. The maximum Gasteiger partial charge on any atom is 0.352 e. The van der Waals surface area contributed by atoms with Gasteiger partial charge in [0.2, 0.25) is 0 Å². The lowest BCUT2D eigenvalue weighted by atomic mass is 10.2. The van der Waals surface area contributed by atoms with Crippen LogP contribution in [-0.4, -0.2) is 14.8 Å². The Hall–Kier alpha value is -1.68. The van der Waals surface area contributed by atoms with Gasteiger partial charge in [-0.05, 0) is 29.8 Å². The van der Waals surface area contributed by atoms with Crippen molar-refractivity contribution in [1.82, 2.24) is 4.98 Å². The minimum absolute atomic E-state index is 0.502. The molecule has 5 nitrogen and oxygen atoms in total. The lowest BCUT2D eigenvalue weighted by Crippen LogP contribution is -2.11. The van der Waals surface area contributed by atoms with Crippen molar-refractivity contribution < 1.29 is 14.4 Å². The van der Waals surface area contributed by atoms with E-state index in [0.29, 0.717) is 11.3 Å². The fraction of sp³-hybridized carbons (Fsp3) is 0.0833. The predicted octanol–water partition coefficient (Wildman–Crippen LogP) is 2.37. The molecule has 2 rings (SSSR count). The molecule has 0 aliphatic rings. The Kier molecular flexibility index (Phi) is 3.77. The SMILES string of the molecule is O=P(O)(O)C(Nc1ccccc1)c1ccncc1. The van der Waals surface area contributed by atoms with Gasteiger partial charge in [-0.1, -0.05) is 18.2 Å². The van der Waals surface area contributed by atoms with Gasteiger partial charge < -0.3 is 15.1 Å². The summed E-state index contributed by atoms with van der Waals surface area (Å²) < 4.78 is 11.5. The monoisotopic (exact) mass is 264 g/mol. The molecule has 0 radical (unpaired) electrons. The fourth-order valence-electron chi connectivity index (χ4n) is 1.60. The van der Waals surface area contributed by atoms with Crippen LogP contribution in [0.3, 0.4) is 0 Å². The summed E-state index contributed by atoms with van der Waals surface area (Å²) in [6.07, 6.45) is 3.01. The molecule has 0 aliphatic heterocycles. The number of hydrogen-bond acceptors (Lipinski definition) is 3. The highest BCUT2D eigenvalue weighted by Crippen LogP contribution is 2.51. The maximum absolute atomic E-state index is 11.5. The number of aromatic nitrogens is 1. The molecular weight excluding hydrogens is 251 g/mol. The third-order valence-corrected chi connectivity index (χ3v) is 3.54. The van der Waals surface area contributed by atoms with Crippen LogP contribution in [0.25, 0.3) is 0 Å². The number of para-hydroxylation sites is 1. The Morgan fingerprint density at radius 3 is 2.22 bits per heavy atom. The van der Waals surface area contributed by atoms with E-state index >= 15 is 0 Å². The molecule has 1 atom stereocenters. The molecule has 94 valence electrons. The first-order chi connectivity index (χ1) is 8.57. The number of rotatable bonds is 4. The van der Waals surface area contributed by atoms with Crippen molar-refractivity contribution in [3.8, 4) is 0 Å². The first kappa shape index (κ1) is 12.8. The summed E-state index contributed by atoms with van der Waals surface area (Å²) in [5, 5.41) is 2.84.